The second-order valence-electron chi connectivity index (χ2n) is 5.30. The molecule has 0 bridgehead atoms. The zero-order chi connectivity index (χ0) is 13.7. The minimum absolute atomic E-state index is 0.562. The average Bonchev–Trinajstić information content (AvgIpc) is 2.39. The fraction of sp³-hybridized carbons (Fsp3) is 0.600. The molecule has 1 aliphatic heterocycles. The van der Waals surface area contributed by atoms with Gasteiger partial charge in [-0.25, -0.2) is 0 Å². The maximum Gasteiger partial charge on any atom is 0.416 e. The van der Waals surface area contributed by atoms with E-state index in [-0.39, 0.29) is 0 Å². The molecule has 0 saturated carbocycles. The Morgan fingerprint density at radius 1 is 1.16 bits per heavy atom. The van der Waals surface area contributed by atoms with E-state index < -0.39 is 11.7 Å². The first kappa shape index (κ1) is 14.4. The van der Waals surface area contributed by atoms with Crippen molar-refractivity contribution in [2.75, 3.05) is 13.1 Å². The van der Waals surface area contributed by atoms with E-state index in [2.05, 4.69) is 5.32 Å². The molecular formula is C15H20F3N. The fourth-order valence-corrected chi connectivity index (χ4v) is 2.63. The zero-order valence-electron chi connectivity index (χ0n) is 11.0. The van der Waals surface area contributed by atoms with E-state index in [1.165, 1.54) is 25.0 Å². The fourth-order valence-electron chi connectivity index (χ4n) is 2.63. The Morgan fingerprint density at radius 3 is 2.47 bits per heavy atom. The molecule has 19 heavy (non-hydrogen) atoms. The van der Waals surface area contributed by atoms with E-state index >= 15 is 0 Å². The maximum absolute atomic E-state index is 12.4. The third kappa shape index (κ3) is 4.53. The number of nitrogens with one attached hydrogen (secondary N) is 1. The average molecular weight is 271 g/mol. The van der Waals surface area contributed by atoms with E-state index in [0.717, 1.165) is 43.8 Å². The van der Waals surface area contributed by atoms with Crippen LogP contribution in [0.2, 0.25) is 0 Å². The molecule has 1 aromatic rings. The number of halogens is 3. The topological polar surface area (TPSA) is 12.0 Å². The van der Waals surface area contributed by atoms with E-state index in [4.69, 9.17) is 0 Å². The van der Waals surface area contributed by atoms with Crippen LogP contribution in [0.15, 0.2) is 24.3 Å². The summed E-state index contributed by atoms with van der Waals surface area (Å²) in [6, 6.07) is 5.55. The van der Waals surface area contributed by atoms with Crippen molar-refractivity contribution in [1.82, 2.24) is 5.32 Å². The quantitative estimate of drug-likeness (QED) is 0.872. The minimum atomic E-state index is -4.23. The van der Waals surface area contributed by atoms with Gasteiger partial charge in [-0.2, -0.15) is 13.2 Å². The van der Waals surface area contributed by atoms with E-state index in [9.17, 15) is 13.2 Å². The normalized spacial score (nSPS) is 20.5. The van der Waals surface area contributed by atoms with Crippen LogP contribution in [-0.2, 0) is 12.6 Å². The number of benzene rings is 1. The molecule has 0 aliphatic carbocycles. The van der Waals surface area contributed by atoms with Crippen LogP contribution in [-0.4, -0.2) is 13.1 Å². The SMILES string of the molecule is FC(F)(F)c1ccc(CCCC2CCCNC2)cc1. The molecule has 1 aliphatic rings. The molecular weight excluding hydrogens is 251 g/mol. The summed E-state index contributed by atoms with van der Waals surface area (Å²) in [6.07, 6.45) is 1.37. The van der Waals surface area contributed by atoms with Crippen LogP contribution in [0.5, 0.6) is 0 Å². The van der Waals surface area contributed by atoms with Gasteiger partial charge in [-0.05, 0) is 68.8 Å². The number of alkyl halides is 3. The molecule has 4 heteroatoms. The van der Waals surface area contributed by atoms with Crippen molar-refractivity contribution in [1.29, 1.82) is 0 Å². The van der Waals surface area contributed by atoms with Crippen LogP contribution in [0, 0.1) is 5.92 Å². The van der Waals surface area contributed by atoms with E-state index in [0.29, 0.717) is 0 Å². The van der Waals surface area contributed by atoms with Gasteiger partial charge < -0.3 is 5.32 Å². The van der Waals surface area contributed by atoms with Crippen molar-refractivity contribution in [3.8, 4) is 0 Å². The van der Waals surface area contributed by atoms with Crippen LogP contribution in [0.3, 0.4) is 0 Å². The van der Waals surface area contributed by atoms with Gasteiger partial charge >= 0.3 is 6.18 Å². The zero-order valence-corrected chi connectivity index (χ0v) is 11.0. The van der Waals surface area contributed by atoms with Gasteiger partial charge in [-0.1, -0.05) is 12.1 Å². The first-order valence-electron chi connectivity index (χ1n) is 6.92. The number of hydrogen-bond acceptors (Lipinski definition) is 1. The van der Waals surface area contributed by atoms with Gasteiger partial charge in [-0.15, -0.1) is 0 Å². The molecule has 0 radical (unpaired) electrons. The molecule has 1 unspecified atom stereocenters. The standard InChI is InChI=1S/C15H20F3N/c16-15(17,18)14-8-6-12(7-9-14)3-1-4-13-5-2-10-19-11-13/h6-9,13,19H,1-5,10-11H2. The summed E-state index contributed by atoms with van der Waals surface area (Å²) in [7, 11) is 0. The van der Waals surface area contributed by atoms with E-state index in [1.54, 1.807) is 12.1 Å². The Labute approximate surface area is 112 Å². The Morgan fingerprint density at radius 2 is 1.89 bits per heavy atom. The summed E-state index contributed by atoms with van der Waals surface area (Å²) >= 11 is 0. The highest BCUT2D eigenvalue weighted by molar-refractivity contribution is 5.24. The van der Waals surface area contributed by atoms with Gasteiger partial charge in [0.15, 0.2) is 0 Å². The van der Waals surface area contributed by atoms with E-state index in [1.807, 2.05) is 0 Å². The molecule has 1 saturated heterocycles. The molecule has 1 N–H and O–H groups in total. The smallest absolute Gasteiger partial charge is 0.316 e. The molecule has 0 amide bonds. The Balaban J connectivity index is 1.76. The van der Waals surface area contributed by atoms with Crippen LogP contribution in [0.4, 0.5) is 13.2 Å². The minimum Gasteiger partial charge on any atom is -0.316 e. The summed E-state index contributed by atoms with van der Waals surface area (Å²) in [5, 5.41) is 3.38. The van der Waals surface area contributed by atoms with Crippen LogP contribution >= 0.6 is 0 Å². The summed E-state index contributed by atoms with van der Waals surface area (Å²) in [5.41, 5.74) is 0.435. The highest BCUT2D eigenvalue weighted by Crippen LogP contribution is 2.29. The monoisotopic (exact) mass is 271 g/mol. The van der Waals surface area contributed by atoms with Crippen LogP contribution < -0.4 is 5.32 Å². The molecule has 1 atom stereocenters. The molecule has 2 rings (SSSR count). The number of hydrogen-bond donors (Lipinski definition) is 1. The van der Waals surface area contributed by atoms with Crippen molar-refractivity contribution in [3.63, 3.8) is 0 Å². The lowest BCUT2D eigenvalue weighted by Gasteiger charge is -2.22. The molecule has 1 nitrogen and oxygen atoms in total. The molecule has 0 aromatic heterocycles. The van der Waals surface area contributed by atoms with Crippen molar-refractivity contribution >= 4 is 0 Å². The van der Waals surface area contributed by atoms with Crippen molar-refractivity contribution < 1.29 is 13.2 Å². The summed E-state index contributed by atoms with van der Waals surface area (Å²) in [5.74, 6) is 0.739. The first-order valence-corrected chi connectivity index (χ1v) is 6.92. The lowest BCUT2D eigenvalue weighted by atomic mass is 9.93. The van der Waals surface area contributed by atoms with Crippen molar-refractivity contribution in [2.45, 2.75) is 38.3 Å². The third-order valence-corrected chi connectivity index (χ3v) is 3.76. The Kier molecular flexibility index (Phi) is 4.86. The van der Waals surface area contributed by atoms with Gasteiger partial charge in [0.25, 0.3) is 0 Å². The van der Waals surface area contributed by atoms with Gasteiger partial charge in [0.05, 0.1) is 5.56 Å². The number of piperidine rings is 1. The first-order chi connectivity index (χ1) is 9.05. The van der Waals surface area contributed by atoms with Crippen LogP contribution in [0.25, 0.3) is 0 Å². The number of aryl methyl sites for hydroxylation is 1. The Hall–Kier alpha value is -1.03. The molecule has 0 spiro atoms. The maximum atomic E-state index is 12.4. The highest BCUT2D eigenvalue weighted by Gasteiger charge is 2.29. The van der Waals surface area contributed by atoms with Crippen molar-refractivity contribution in [2.24, 2.45) is 5.92 Å². The van der Waals surface area contributed by atoms with Gasteiger partial charge in [0.2, 0.25) is 0 Å². The molecule has 106 valence electrons. The summed E-state index contributed by atoms with van der Waals surface area (Å²) < 4.78 is 37.2. The number of rotatable bonds is 4. The largest absolute Gasteiger partial charge is 0.416 e. The molecule has 1 aromatic carbocycles. The lowest BCUT2D eigenvalue weighted by molar-refractivity contribution is -0.137. The van der Waals surface area contributed by atoms with Crippen molar-refractivity contribution in [3.05, 3.63) is 35.4 Å². The third-order valence-electron chi connectivity index (χ3n) is 3.76. The lowest BCUT2D eigenvalue weighted by Crippen LogP contribution is -2.29. The van der Waals surface area contributed by atoms with Gasteiger partial charge in [0.1, 0.15) is 0 Å². The Bertz CT molecular complexity index is 377. The molecule has 1 fully saturated rings. The summed E-state index contributed by atoms with van der Waals surface area (Å²) in [6.45, 7) is 2.21. The molecule has 1 heterocycles. The van der Waals surface area contributed by atoms with Gasteiger partial charge in [-0.3, -0.25) is 0 Å². The predicted octanol–water partition coefficient (Wildman–Crippen LogP) is 4.03. The summed E-state index contributed by atoms with van der Waals surface area (Å²) in [4.78, 5) is 0. The van der Waals surface area contributed by atoms with Crippen LogP contribution in [0.1, 0.15) is 36.8 Å². The second kappa shape index (κ2) is 6.42. The highest BCUT2D eigenvalue weighted by atomic mass is 19.4. The van der Waals surface area contributed by atoms with Gasteiger partial charge in [0, 0.05) is 0 Å². The predicted molar refractivity (Wildman–Crippen MR) is 70.0 cm³/mol. The second-order valence-corrected chi connectivity index (χ2v) is 5.30.